The van der Waals surface area contributed by atoms with Crippen LogP contribution in [0.2, 0.25) is 0 Å². The number of rotatable bonds is 9. The molecule has 3 N–H and O–H groups in total. The number of nitrogens with two attached hydrogens (primary N) is 1. The zero-order valence-corrected chi connectivity index (χ0v) is 15.8. The molecule has 1 aliphatic heterocycles. The number of amides is 1. The van der Waals surface area contributed by atoms with Crippen LogP contribution < -0.4 is 11.1 Å². The minimum atomic E-state index is -0.544. The van der Waals surface area contributed by atoms with E-state index >= 15 is 0 Å². The van der Waals surface area contributed by atoms with Gasteiger partial charge in [-0.15, -0.1) is 0 Å². The van der Waals surface area contributed by atoms with E-state index in [4.69, 9.17) is 10.5 Å². The Kier molecular flexibility index (Phi) is 7.85. The number of nitrogens with one attached hydrogen (secondary N) is 1. The van der Waals surface area contributed by atoms with E-state index in [1.165, 1.54) is 6.08 Å². The van der Waals surface area contributed by atoms with Crippen LogP contribution in [0.1, 0.15) is 32.6 Å². The van der Waals surface area contributed by atoms with Crippen molar-refractivity contribution >= 4 is 5.91 Å². The van der Waals surface area contributed by atoms with E-state index in [1.54, 1.807) is 6.92 Å². The highest BCUT2D eigenvalue weighted by atomic mass is 19.1. The summed E-state index contributed by atoms with van der Waals surface area (Å²) in [5, 5.41) is 3.09. The van der Waals surface area contributed by atoms with Crippen molar-refractivity contribution in [3.05, 3.63) is 36.4 Å². The molecular weight excluding hydrogens is 333 g/mol. The number of piperidine rings is 1. The van der Waals surface area contributed by atoms with Crippen molar-refractivity contribution in [3.8, 4) is 0 Å². The minimum Gasteiger partial charge on any atom is -0.493 e. The molecule has 0 atom stereocenters. The summed E-state index contributed by atoms with van der Waals surface area (Å²) in [6.07, 6.45) is 5.20. The number of ether oxygens (including phenoxy) is 1. The maximum absolute atomic E-state index is 12.9. The molecule has 1 saturated heterocycles. The first-order chi connectivity index (χ1) is 12.4. The zero-order chi connectivity index (χ0) is 19.1. The van der Waals surface area contributed by atoms with Gasteiger partial charge in [0.05, 0.1) is 13.2 Å². The van der Waals surface area contributed by atoms with Crippen LogP contribution in [-0.2, 0) is 9.53 Å². The number of carbonyl (C=O) groups excluding carboxylic acids is 1. The lowest BCUT2D eigenvalue weighted by Gasteiger charge is -2.37. The predicted molar refractivity (Wildman–Crippen MR) is 102 cm³/mol. The van der Waals surface area contributed by atoms with E-state index in [0.29, 0.717) is 36.3 Å². The molecule has 0 unspecified atom stereocenters. The van der Waals surface area contributed by atoms with Crippen LogP contribution >= 0.6 is 0 Å². The van der Waals surface area contributed by atoms with E-state index in [2.05, 4.69) is 23.4 Å². The highest BCUT2D eigenvalue weighted by Crippen LogP contribution is 2.29. The third-order valence-corrected chi connectivity index (χ3v) is 5.19. The topological polar surface area (TPSA) is 67.6 Å². The molecule has 146 valence electrons. The summed E-state index contributed by atoms with van der Waals surface area (Å²) < 4.78 is 18.6. The smallest absolute Gasteiger partial charge is 0.234 e. The first-order valence-corrected chi connectivity index (χ1v) is 9.44. The molecule has 1 saturated carbocycles. The fourth-order valence-electron chi connectivity index (χ4n) is 3.48. The minimum absolute atomic E-state index is 0.0943. The second kappa shape index (κ2) is 9.88. The molecule has 2 rings (SSSR count). The van der Waals surface area contributed by atoms with Gasteiger partial charge in [0.15, 0.2) is 0 Å². The Hall–Kier alpha value is -1.66. The fourth-order valence-corrected chi connectivity index (χ4v) is 3.48. The SMILES string of the molecule is C=C(F)/C=C(/OCC1CC(NC(=O)CN2CCC(CN)CC2)C1)C(=C)C. The lowest BCUT2D eigenvalue weighted by Crippen LogP contribution is -2.49. The van der Waals surface area contributed by atoms with Crippen LogP contribution in [0.3, 0.4) is 0 Å². The molecule has 0 spiro atoms. The maximum atomic E-state index is 12.9. The summed E-state index contributed by atoms with van der Waals surface area (Å²) in [5.41, 5.74) is 6.37. The molecule has 2 aliphatic rings. The van der Waals surface area contributed by atoms with Gasteiger partial charge < -0.3 is 15.8 Å². The van der Waals surface area contributed by atoms with E-state index in [0.717, 1.165) is 45.3 Å². The average molecular weight is 365 g/mol. The number of nitrogens with zero attached hydrogens (tertiary/aromatic N) is 1. The maximum Gasteiger partial charge on any atom is 0.234 e. The molecule has 0 aromatic rings. The van der Waals surface area contributed by atoms with E-state index < -0.39 is 5.83 Å². The Morgan fingerprint density at radius 2 is 1.96 bits per heavy atom. The van der Waals surface area contributed by atoms with Crippen LogP contribution in [0, 0.1) is 11.8 Å². The number of likely N-dealkylation sites (tertiary alicyclic amines) is 1. The van der Waals surface area contributed by atoms with Crippen molar-refractivity contribution in [3.63, 3.8) is 0 Å². The third kappa shape index (κ3) is 6.57. The molecule has 0 radical (unpaired) electrons. The van der Waals surface area contributed by atoms with Crippen molar-refractivity contribution in [1.82, 2.24) is 10.2 Å². The normalized spacial score (nSPS) is 24.7. The Morgan fingerprint density at radius 3 is 2.50 bits per heavy atom. The van der Waals surface area contributed by atoms with Crippen LogP contribution in [0.25, 0.3) is 0 Å². The molecule has 1 aliphatic carbocycles. The van der Waals surface area contributed by atoms with Crippen molar-refractivity contribution in [2.45, 2.75) is 38.6 Å². The molecule has 1 heterocycles. The Morgan fingerprint density at radius 1 is 1.31 bits per heavy atom. The molecule has 0 aromatic carbocycles. The van der Waals surface area contributed by atoms with E-state index in [-0.39, 0.29) is 11.9 Å². The second-order valence-electron chi connectivity index (χ2n) is 7.60. The largest absolute Gasteiger partial charge is 0.493 e. The van der Waals surface area contributed by atoms with Gasteiger partial charge in [-0.3, -0.25) is 9.69 Å². The van der Waals surface area contributed by atoms with Crippen LogP contribution in [0.4, 0.5) is 4.39 Å². The molecule has 1 amide bonds. The van der Waals surface area contributed by atoms with Gasteiger partial charge in [-0.2, -0.15) is 0 Å². The lowest BCUT2D eigenvalue weighted by molar-refractivity contribution is -0.124. The molecule has 6 heteroatoms. The molecule has 0 bridgehead atoms. The van der Waals surface area contributed by atoms with Gasteiger partial charge in [-0.1, -0.05) is 13.2 Å². The van der Waals surface area contributed by atoms with Crippen LogP contribution in [0.5, 0.6) is 0 Å². The predicted octanol–water partition coefficient (Wildman–Crippen LogP) is 2.51. The summed E-state index contributed by atoms with van der Waals surface area (Å²) in [6.45, 7) is 12.4. The second-order valence-corrected chi connectivity index (χ2v) is 7.60. The van der Waals surface area contributed by atoms with Crippen LogP contribution in [-0.4, -0.2) is 49.6 Å². The number of allylic oxidation sites excluding steroid dienone is 3. The first-order valence-electron chi connectivity index (χ1n) is 9.44. The summed E-state index contributed by atoms with van der Waals surface area (Å²) in [4.78, 5) is 14.4. The molecule has 2 fully saturated rings. The van der Waals surface area contributed by atoms with Crippen LogP contribution in [0.15, 0.2) is 36.4 Å². The van der Waals surface area contributed by atoms with Crippen molar-refractivity contribution in [2.75, 3.05) is 32.8 Å². The highest BCUT2D eigenvalue weighted by molar-refractivity contribution is 5.78. The standard InChI is InChI=1S/C20H32FN3O2/c1-14(2)19(8-15(3)21)26-13-17-9-18(10-17)23-20(25)12-24-6-4-16(11-22)5-7-24/h8,16-18H,1,3-7,9-13,22H2,2H3,(H,23,25)/b19-8+. The summed E-state index contributed by atoms with van der Waals surface area (Å²) in [6, 6.07) is 0.214. The summed E-state index contributed by atoms with van der Waals surface area (Å²) >= 11 is 0. The summed E-state index contributed by atoms with van der Waals surface area (Å²) in [5.74, 6) is 0.963. The third-order valence-electron chi connectivity index (χ3n) is 5.19. The van der Waals surface area contributed by atoms with E-state index in [9.17, 15) is 9.18 Å². The number of hydrogen-bond acceptors (Lipinski definition) is 4. The monoisotopic (exact) mass is 365 g/mol. The Bertz CT molecular complexity index is 547. The number of hydrogen-bond donors (Lipinski definition) is 2. The zero-order valence-electron chi connectivity index (χ0n) is 15.8. The van der Waals surface area contributed by atoms with Gasteiger partial charge in [0.1, 0.15) is 11.6 Å². The van der Waals surface area contributed by atoms with Gasteiger partial charge in [0.2, 0.25) is 5.91 Å². The van der Waals surface area contributed by atoms with Gasteiger partial charge >= 0.3 is 0 Å². The summed E-state index contributed by atoms with van der Waals surface area (Å²) in [7, 11) is 0. The van der Waals surface area contributed by atoms with Crippen molar-refractivity contribution < 1.29 is 13.9 Å². The Balaban J connectivity index is 1.62. The lowest BCUT2D eigenvalue weighted by atomic mass is 9.81. The van der Waals surface area contributed by atoms with Gasteiger partial charge in [0.25, 0.3) is 0 Å². The van der Waals surface area contributed by atoms with Gasteiger partial charge in [-0.25, -0.2) is 4.39 Å². The van der Waals surface area contributed by atoms with Crippen molar-refractivity contribution in [2.24, 2.45) is 17.6 Å². The molecule has 0 aromatic heterocycles. The highest BCUT2D eigenvalue weighted by Gasteiger charge is 2.31. The average Bonchev–Trinajstić information content (AvgIpc) is 2.55. The fraction of sp³-hybridized carbons (Fsp3) is 0.650. The van der Waals surface area contributed by atoms with Crippen molar-refractivity contribution in [1.29, 1.82) is 0 Å². The van der Waals surface area contributed by atoms with Gasteiger partial charge in [-0.05, 0) is 69.7 Å². The molecule has 26 heavy (non-hydrogen) atoms. The Labute approximate surface area is 156 Å². The molecule has 5 nitrogen and oxygen atoms in total. The van der Waals surface area contributed by atoms with E-state index in [1.807, 2.05) is 0 Å². The molecular formula is C20H32FN3O2. The number of carbonyl (C=O) groups is 1. The van der Waals surface area contributed by atoms with Gasteiger partial charge in [0, 0.05) is 12.1 Å². The quantitative estimate of drug-likeness (QED) is 0.487. The first kappa shape index (κ1) is 20.6. The number of halogens is 1.